The molecule has 9 heteroatoms. The van der Waals surface area contributed by atoms with E-state index >= 15 is 0 Å². The Morgan fingerprint density at radius 1 is 1.14 bits per heavy atom. The Morgan fingerprint density at radius 2 is 1.86 bits per heavy atom. The molecule has 0 N–H and O–H groups in total. The van der Waals surface area contributed by atoms with Crippen molar-refractivity contribution in [1.29, 1.82) is 0 Å². The van der Waals surface area contributed by atoms with E-state index in [9.17, 15) is 8.42 Å². The van der Waals surface area contributed by atoms with Crippen molar-refractivity contribution in [3.8, 4) is 0 Å². The molecule has 1 aliphatic rings. The maximum absolute atomic E-state index is 13.2. The number of hydrogen-bond donors (Lipinski definition) is 0. The van der Waals surface area contributed by atoms with Crippen LogP contribution >= 0.6 is 11.6 Å². The van der Waals surface area contributed by atoms with Gasteiger partial charge in [-0.15, -0.1) is 5.10 Å². The van der Waals surface area contributed by atoms with E-state index in [4.69, 9.17) is 16.4 Å². The summed E-state index contributed by atoms with van der Waals surface area (Å²) in [5.41, 5.74) is 1.86. The molecule has 0 amide bonds. The predicted molar refractivity (Wildman–Crippen MR) is 111 cm³/mol. The van der Waals surface area contributed by atoms with Gasteiger partial charge in [-0.25, -0.2) is 8.42 Å². The van der Waals surface area contributed by atoms with E-state index in [1.807, 2.05) is 18.2 Å². The highest BCUT2D eigenvalue weighted by atomic mass is 35.5. The largest absolute Gasteiger partial charge is 0.390 e. The summed E-state index contributed by atoms with van der Waals surface area (Å²) in [4.78, 5) is 7.19. The number of nitrogens with zero attached hydrogens (tertiary/aromatic N) is 4. The molecule has 1 aliphatic heterocycles. The lowest BCUT2D eigenvalue weighted by Crippen LogP contribution is -2.42. The van der Waals surface area contributed by atoms with Gasteiger partial charge in [-0.1, -0.05) is 48.5 Å². The van der Waals surface area contributed by atoms with Crippen LogP contribution in [0.25, 0.3) is 11.0 Å². The third-order valence-electron chi connectivity index (χ3n) is 5.16. The number of halogens is 1. The second-order valence-electron chi connectivity index (χ2n) is 7.75. The Morgan fingerprint density at radius 3 is 2.59 bits per heavy atom. The second kappa shape index (κ2) is 7.93. The number of hydrogen-bond acceptors (Lipinski definition) is 5. The molecule has 3 aromatic rings. The fourth-order valence-corrected chi connectivity index (χ4v) is 5.72. The van der Waals surface area contributed by atoms with Gasteiger partial charge in [-0.2, -0.15) is 4.31 Å². The third kappa shape index (κ3) is 4.10. The number of fused-ring (bicyclic) bond motifs is 1. The molecule has 0 aliphatic carbocycles. The lowest BCUT2D eigenvalue weighted by molar-refractivity contribution is 0.0751. The lowest BCUT2D eigenvalue weighted by atomic mass is 9.94. The van der Waals surface area contributed by atoms with Crippen LogP contribution in [0.4, 0.5) is 0 Å². The molecule has 154 valence electrons. The van der Waals surface area contributed by atoms with Crippen LogP contribution in [-0.4, -0.2) is 41.0 Å². The van der Waals surface area contributed by atoms with Crippen LogP contribution in [0.15, 0.2) is 47.4 Å². The SMILES string of the molecule is CC1CC(C)CN(S(=O)(=O)c2ccc3nnn(OCc4ccccc4Cl)c3c2)C1. The van der Waals surface area contributed by atoms with E-state index in [1.54, 1.807) is 28.6 Å². The summed E-state index contributed by atoms with van der Waals surface area (Å²) < 4.78 is 28.0. The summed E-state index contributed by atoms with van der Waals surface area (Å²) in [6.07, 6.45) is 1.04. The molecule has 1 aromatic heterocycles. The maximum Gasteiger partial charge on any atom is 0.243 e. The van der Waals surface area contributed by atoms with E-state index in [1.165, 1.54) is 4.85 Å². The van der Waals surface area contributed by atoms with Crippen molar-refractivity contribution in [1.82, 2.24) is 19.5 Å². The van der Waals surface area contributed by atoms with Crippen LogP contribution in [-0.2, 0) is 16.6 Å². The molecular weight excluding hydrogens is 412 g/mol. The number of rotatable bonds is 5. The van der Waals surface area contributed by atoms with Crippen LogP contribution in [0, 0.1) is 11.8 Å². The molecule has 2 unspecified atom stereocenters. The summed E-state index contributed by atoms with van der Waals surface area (Å²) >= 11 is 6.17. The van der Waals surface area contributed by atoms with Crippen LogP contribution in [0.3, 0.4) is 0 Å². The second-order valence-corrected chi connectivity index (χ2v) is 10.1. The van der Waals surface area contributed by atoms with Gasteiger partial charge in [0.05, 0.1) is 4.90 Å². The van der Waals surface area contributed by atoms with Gasteiger partial charge in [-0.05, 0) is 47.7 Å². The van der Waals surface area contributed by atoms with Crippen LogP contribution in [0.2, 0.25) is 5.02 Å². The molecular formula is C20H23ClN4O3S. The molecule has 2 heterocycles. The fourth-order valence-electron chi connectivity index (χ4n) is 3.83. The van der Waals surface area contributed by atoms with Crippen molar-refractivity contribution >= 4 is 32.7 Å². The van der Waals surface area contributed by atoms with E-state index in [2.05, 4.69) is 24.2 Å². The van der Waals surface area contributed by atoms with E-state index in [0.717, 1.165) is 12.0 Å². The molecule has 7 nitrogen and oxygen atoms in total. The Bertz CT molecular complexity index is 1120. The van der Waals surface area contributed by atoms with Crippen molar-refractivity contribution in [3.05, 3.63) is 53.1 Å². The molecule has 2 aromatic carbocycles. The van der Waals surface area contributed by atoms with Gasteiger partial charge in [0.2, 0.25) is 10.0 Å². The minimum atomic E-state index is -3.60. The number of sulfonamides is 1. The molecule has 29 heavy (non-hydrogen) atoms. The first-order valence-electron chi connectivity index (χ1n) is 9.57. The topological polar surface area (TPSA) is 77.3 Å². The summed E-state index contributed by atoms with van der Waals surface area (Å²) in [6.45, 7) is 5.43. The number of aromatic nitrogens is 3. The zero-order valence-corrected chi connectivity index (χ0v) is 17.9. The fraction of sp³-hybridized carbons (Fsp3) is 0.400. The lowest BCUT2D eigenvalue weighted by Gasteiger charge is -2.34. The van der Waals surface area contributed by atoms with Crippen LogP contribution < -0.4 is 4.84 Å². The van der Waals surface area contributed by atoms with Crippen molar-refractivity contribution in [2.24, 2.45) is 11.8 Å². The first kappa shape index (κ1) is 20.1. The molecule has 0 radical (unpaired) electrons. The first-order chi connectivity index (χ1) is 13.8. The van der Waals surface area contributed by atoms with E-state index in [-0.39, 0.29) is 11.5 Å². The van der Waals surface area contributed by atoms with Crippen molar-refractivity contribution in [3.63, 3.8) is 0 Å². The van der Waals surface area contributed by atoms with Crippen LogP contribution in [0.5, 0.6) is 0 Å². The maximum atomic E-state index is 13.2. The van der Waals surface area contributed by atoms with E-state index in [0.29, 0.717) is 41.0 Å². The average Bonchev–Trinajstić information content (AvgIpc) is 3.09. The first-order valence-corrected chi connectivity index (χ1v) is 11.4. The van der Waals surface area contributed by atoms with Gasteiger partial charge in [0.25, 0.3) is 0 Å². The van der Waals surface area contributed by atoms with Gasteiger partial charge in [0.15, 0.2) is 0 Å². The predicted octanol–water partition coefficient (Wildman–Crippen LogP) is 3.38. The molecule has 0 spiro atoms. The minimum absolute atomic E-state index is 0.191. The van der Waals surface area contributed by atoms with Crippen LogP contribution in [0.1, 0.15) is 25.8 Å². The smallest absolute Gasteiger partial charge is 0.243 e. The molecule has 0 saturated carbocycles. The minimum Gasteiger partial charge on any atom is -0.390 e. The average molecular weight is 435 g/mol. The number of piperidine rings is 1. The highest BCUT2D eigenvalue weighted by molar-refractivity contribution is 7.89. The Labute approximate surface area is 175 Å². The zero-order valence-electron chi connectivity index (χ0n) is 16.3. The van der Waals surface area contributed by atoms with Gasteiger partial charge < -0.3 is 4.84 Å². The standard InChI is InChI=1S/C20H23ClN4O3S/c1-14-9-15(2)12-24(11-14)29(26,27)17-7-8-19-20(10-17)25(23-22-19)28-13-16-5-3-4-6-18(16)21/h3-8,10,14-15H,9,11-13H2,1-2H3. The Kier molecular flexibility index (Phi) is 5.50. The van der Waals surface area contributed by atoms with E-state index < -0.39 is 10.0 Å². The zero-order chi connectivity index (χ0) is 20.6. The highest BCUT2D eigenvalue weighted by Crippen LogP contribution is 2.28. The summed E-state index contributed by atoms with van der Waals surface area (Å²) in [6, 6.07) is 12.2. The monoisotopic (exact) mass is 434 g/mol. The van der Waals surface area contributed by atoms with Crippen molar-refractivity contribution in [2.75, 3.05) is 13.1 Å². The van der Waals surface area contributed by atoms with Gasteiger partial charge >= 0.3 is 0 Å². The molecule has 4 rings (SSSR count). The highest BCUT2D eigenvalue weighted by Gasteiger charge is 2.32. The number of benzene rings is 2. The quantitative estimate of drug-likeness (QED) is 0.615. The normalized spacial score (nSPS) is 20.8. The van der Waals surface area contributed by atoms with Gasteiger partial charge in [0, 0.05) is 23.7 Å². The summed E-state index contributed by atoms with van der Waals surface area (Å²) in [5, 5.41) is 8.64. The van der Waals surface area contributed by atoms with Crippen molar-refractivity contribution in [2.45, 2.75) is 31.8 Å². The molecule has 0 bridgehead atoms. The molecule has 1 saturated heterocycles. The van der Waals surface area contributed by atoms with Gasteiger partial charge in [0.1, 0.15) is 17.6 Å². The Balaban J connectivity index is 1.62. The van der Waals surface area contributed by atoms with Gasteiger partial charge in [-0.3, -0.25) is 0 Å². The Hall–Kier alpha value is -2.16. The molecule has 2 atom stereocenters. The summed E-state index contributed by atoms with van der Waals surface area (Å²) in [7, 11) is -3.60. The summed E-state index contributed by atoms with van der Waals surface area (Å²) in [5.74, 6) is 0.673. The third-order valence-corrected chi connectivity index (χ3v) is 7.36. The van der Waals surface area contributed by atoms with Crippen molar-refractivity contribution < 1.29 is 13.3 Å². The molecule has 1 fully saturated rings.